The van der Waals surface area contributed by atoms with E-state index in [0.29, 0.717) is 0 Å². The molecule has 0 aromatic rings. The molecule has 1 aliphatic carbocycles. The quantitative estimate of drug-likeness (QED) is 0.806. The summed E-state index contributed by atoms with van der Waals surface area (Å²) >= 11 is 0. The SMILES string of the molecule is CC1CCCC(CNC(C)CS(C)(=O)=O)C1. The summed E-state index contributed by atoms with van der Waals surface area (Å²) in [7, 11) is -2.85. The van der Waals surface area contributed by atoms with E-state index >= 15 is 0 Å². The van der Waals surface area contributed by atoms with E-state index in [1.54, 1.807) is 0 Å². The first-order chi connectivity index (χ1) is 7.37. The third-order valence-electron chi connectivity index (χ3n) is 3.35. The molecule has 1 N–H and O–H groups in total. The van der Waals surface area contributed by atoms with Crippen LogP contribution in [0.5, 0.6) is 0 Å². The Morgan fingerprint density at radius 3 is 2.62 bits per heavy atom. The Kier molecular flexibility index (Phi) is 5.25. The molecule has 1 saturated carbocycles. The van der Waals surface area contributed by atoms with Gasteiger partial charge in [0, 0.05) is 12.3 Å². The lowest BCUT2D eigenvalue weighted by Gasteiger charge is -2.28. The second kappa shape index (κ2) is 6.01. The maximum absolute atomic E-state index is 11.1. The van der Waals surface area contributed by atoms with E-state index in [2.05, 4.69) is 12.2 Å². The minimum absolute atomic E-state index is 0.0761. The monoisotopic (exact) mass is 247 g/mol. The molecule has 16 heavy (non-hydrogen) atoms. The van der Waals surface area contributed by atoms with Crippen molar-refractivity contribution in [2.24, 2.45) is 11.8 Å². The molecule has 3 atom stereocenters. The van der Waals surface area contributed by atoms with Crippen LogP contribution < -0.4 is 5.32 Å². The zero-order valence-electron chi connectivity index (χ0n) is 10.7. The first-order valence-corrected chi connectivity index (χ1v) is 8.34. The Bertz CT molecular complexity index is 300. The number of nitrogens with one attached hydrogen (secondary N) is 1. The molecular weight excluding hydrogens is 222 g/mol. The zero-order valence-corrected chi connectivity index (χ0v) is 11.5. The average Bonchev–Trinajstić information content (AvgIpc) is 2.12. The summed E-state index contributed by atoms with van der Waals surface area (Å²) in [5.74, 6) is 1.83. The lowest BCUT2D eigenvalue weighted by Crippen LogP contribution is -2.37. The molecule has 1 rings (SSSR count). The molecule has 3 unspecified atom stereocenters. The van der Waals surface area contributed by atoms with Gasteiger partial charge < -0.3 is 5.32 Å². The Balaban J connectivity index is 2.23. The van der Waals surface area contributed by atoms with E-state index in [0.717, 1.165) is 18.4 Å². The predicted octanol–water partition coefficient (Wildman–Crippen LogP) is 1.84. The van der Waals surface area contributed by atoms with Crippen molar-refractivity contribution in [3.05, 3.63) is 0 Å². The predicted molar refractivity (Wildman–Crippen MR) is 68.3 cm³/mol. The fraction of sp³-hybridized carbons (Fsp3) is 1.00. The van der Waals surface area contributed by atoms with Crippen LogP contribution in [0.25, 0.3) is 0 Å². The lowest BCUT2D eigenvalue weighted by atomic mass is 9.82. The van der Waals surface area contributed by atoms with Gasteiger partial charge in [-0.25, -0.2) is 8.42 Å². The van der Waals surface area contributed by atoms with Gasteiger partial charge >= 0.3 is 0 Å². The number of hydrogen-bond acceptors (Lipinski definition) is 3. The number of sulfone groups is 1. The van der Waals surface area contributed by atoms with Gasteiger partial charge in [0.15, 0.2) is 0 Å². The van der Waals surface area contributed by atoms with Gasteiger partial charge in [-0.3, -0.25) is 0 Å². The first kappa shape index (κ1) is 14.0. The van der Waals surface area contributed by atoms with Crippen molar-refractivity contribution in [1.29, 1.82) is 0 Å². The van der Waals surface area contributed by atoms with E-state index in [9.17, 15) is 8.42 Å². The normalized spacial score (nSPS) is 28.9. The highest BCUT2D eigenvalue weighted by Crippen LogP contribution is 2.27. The van der Waals surface area contributed by atoms with Gasteiger partial charge in [0.1, 0.15) is 9.84 Å². The van der Waals surface area contributed by atoms with Gasteiger partial charge in [0.25, 0.3) is 0 Å². The van der Waals surface area contributed by atoms with Crippen LogP contribution in [0, 0.1) is 11.8 Å². The maximum atomic E-state index is 11.1. The molecule has 1 aliphatic rings. The summed E-state index contributed by atoms with van der Waals surface area (Å²) in [4.78, 5) is 0. The van der Waals surface area contributed by atoms with Gasteiger partial charge in [0.2, 0.25) is 0 Å². The van der Waals surface area contributed by atoms with Crippen molar-refractivity contribution in [2.45, 2.75) is 45.6 Å². The smallest absolute Gasteiger partial charge is 0.148 e. The molecule has 0 heterocycles. The summed E-state index contributed by atoms with van der Waals surface area (Å²) in [6.45, 7) is 5.24. The third-order valence-corrected chi connectivity index (χ3v) is 4.46. The van der Waals surface area contributed by atoms with Gasteiger partial charge in [0.05, 0.1) is 5.75 Å². The topological polar surface area (TPSA) is 46.2 Å². The van der Waals surface area contributed by atoms with Crippen molar-refractivity contribution >= 4 is 9.84 Å². The summed E-state index contributed by atoms with van der Waals surface area (Å²) in [6, 6.07) is 0.0761. The van der Waals surface area contributed by atoms with E-state index in [1.165, 1.54) is 31.9 Å². The molecule has 0 amide bonds. The molecule has 0 aliphatic heterocycles. The summed E-state index contributed by atoms with van der Waals surface area (Å²) in [6.07, 6.45) is 6.57. The van der Waals surface area contributed by atoms with E-state index in [1.807, 2.05) is 6.92 Å². The van der Waals surface area contributed by atoms with Crippen molar-refractivity contribution in [3.63, 3.8) is 0 Å². The highest BCUT2D eigenvalue weighted by Gasteiger charge is 2.19. The zero-order chi connectivity index (χ0) is 12.2. The van der Waals surface area contributed by atoms with Gasteiger partial charge in [-0.2, -0.15) is 0 Å². The van der Waals surface area contributed by atoms with Crippen LogP contribution >= 0.6 is 0 Å². The molecule has 0 aromatic carbocycles. The maximum Gasteiger partial charge on any atom is 0.148 e. The van der Waals surface area contributed by atoms with E-state index in [-0.39, 0.29) is 11.8 Å². The van der Waals surface area contributed by atoms with Gasteiger partial charge in [-0.15, -0.1) is 0 Å². The Labute approximate surface area is 99.9 Å². The van der Waals surface area contributed by atoms with Crippen LogP contribution in [0.3, 0.4) is 0 Å². The molecule has 96 valence electrons. The van der Waals surface area contributed by atoms with Crippen molar-refractivity contribution in [1.82, 2.24) is 5.32 Å². The van der Waals surface area contributed by atoms with Crippen LogP contribution in [-0.2, 0) is 9.84 Å². The lowest BCUT2D eigenvalue weighted by molar-refractivity contribution is 0.270. The molecule has 0 saturated heterocycles. The Hall–Kier alpha value is -0.0900. The summed E-state index contributed by atoms with van der Waals surface area (Å²) in [5, 5.41) is 3.35. The van der Waals surface area contributed by atoms with Crippen molar-refractivity contribution < 1.29 is 8.42 Å². The van der Waals surface area contributed by atoms with Crippen LogP contribution in [0.4, 0.5) is 0 Å². The van der Waals surface area contributed by atoms with E-state index < -0.39 is 9.84 Å². The van der Waals surface area contributed by atoms with E-state index in [4.69, 9.17) is 0 Å². The number of hydrogen-bond donors (Lipinski definition) is 1. The first-order valence-electron chi connectivity index (χ1n) is 6.28. The van der Waals surface area contributed by atoms with Crippen LogP contribution in [-0.4, -0.2) is 33.0 Å². The Morgan fingerprint density at radius 2 is 2.06 bits per heavy atom. The summed E-state index contributed by atoms with van der Waals surface area (Å²) < 4.78 is 22.2. The molecule has 0 bridgehead atoms. The number of rotatable bonds is 5. The summed E-state index contributed by atoms with van der Waals surface area (Å²) in [5.41, 5.74) is 0. The largest absolute Gasteiger partial charge is 0.313 e. The standard InChI is InChI=1S/C12H25NO2S/c1-10-5-4-6-12(7-10)8-13-11(2)9-16(3,14)15/h10-13H,4-9H2,1-3H3. The van der Waals surface area contributed by atoms with Crippen molar-refractivity contribution in [3.8, 4) is 0 Å². The molecule has 3 nitrogen and oxygen atoms in total. The Morgan fingerprint density at radius 1 is 1.38 bits per heavy atom. The van der Waals surface area contributed by atoms with Crippen molar-refractivity contribution in [2.75, 3.05) is 18.6 Å². The van der Waals surface area contributed by atoms with Crippen LogP contribution in [0.15, 0.2) is 0 Å². The third kappa shape index (κ3) is 5.85. The molecule has 0 aromatic heterocycles. The van der Waals surface area contributed by atoms with Gasteiger partial charge in [-0.1, -0.05) is 19.8 Å². The fourth-order valence-electron chi connectivity index (χ4n) is 2.63. The highest BCUT2D eigenvalue weighted by molar-refractivity contribution is 7.90. The molecular formula is C12H25NO2S. The van der Waals surface area contributed by atoms with Crippen LogP contribution in [0.1, 0.15) is 39.5 Å². The van der Waals surface area contributed by atoms with Gasteiger partial charge in [-0.05, 0) is 38.1 Å². The second-order valence-corrected chi connectivity index (χ2v) is 7.72. The fourth-order valence-corrected chi connectivity index (χ4v) is 3.65. The average molecular weight is 247 g/mol. The van der Waals surface area contributed by atoms with Crippen LogP contribution in [0.2, 0.25) is 0 Å². The minimum Gasteiger partial charge on any atom is -0.313 e. The molecule has 4 heteroatoms. The molecule has 1 fully saturated rings. The minimum atomic E-state index is -2.85. The highest BCUT2D eigenvalue weighted by atomic mass is 32.2. The second-order valence-electron chi connectivity index (χ2n) is 5.54. The molecule has 0 radical (unpaired) electrons. The molecule has 0 spiro atoms.